The molecule has 0 saturated carbocycles. The van der Waals surface area contributed by atoms with E-state index in [9.17, 15) is 4.79 Å². The zero-order valence-corrected chi connectivity index (χ0v) is 8.04. The molecule has 0 aromatic heterocycles. The number of hydrogen-bond donors (Lipinski definition) is 1. The molecule has 74 valence electrons. The number of piperidine rings is 1. The Kier molecular flexibility index (Phi) is 2.54. The number of fused-ring (bicyclic) bond motifs is 1. The molecular weight excluding hydrogens is 164 g/mol. The van der Waals surface area contributed by atoms with Crippen molar-refractivity contribution < 1.29 is 4.79 Å². The Bertz CT molecular complexity index is 205. The number of carbonyl (C=O) groups excluding carboxylic acids is 1. The minimum Gasteiger partial charge on any atom is -0.338 e. The highest BCUT2D eigenvalue weighted by Crippen LogP contribution is 2.25. The summed E-state index contributed by atoms with van der Waals surface area (Å²) in [5.74, 6) is 0.327. The molecule has 2 aliphatic heterocycles. The first-order valence-corrected chi connectivity index (χ1v) is 5.34. The summed E-state index contributed by atoms with van der Waals surface area (Å²) in [6, 6.07) is 0.583. The zero-order valence-electron chi connectivity index (χ0n) is 8.04. The number of amides is 1. The van der Waals surface area contributed by atoms with Crippen molar-refractivity contribution in [3.8, 4) is 0 Å². The van der Waals surface area contributed by atoms with Crippen molar-refractivity contribution in [2.75, 3.05) is 6.54 Å². The lowest BCUT2D eigenvalue weighted by molar-refractivity contribution is -0.136. The zero-order chi connectivity index (χ0) is 9.26. The van der Waals surface area contributed by atoms with Gasteiger partial charge in [-0.1, -0.05) is 12.8 Å². The van der Waals surface area contributed by atoms with Crippen molar-refractivity contribution in [3.63, 3.8) is 0 Å². The second kappa shape index (κ2) is 3.66. The lowest BCUT2D eigenvalue weighted by Gasteiger charge is -2.38. The van der Waals surface area contributed by atoms with Crippen molar-refractivity contribution >= 4 is 5.91 Å². The summed E-state index contributed by atoms with van der Waals surface area (Å²) in [5.41, 5.74) is 6.03. The Labute approximate surface area is 79.3 Å². The van der Waals surface area contributed by atoms with Gasteiger partial charge in [0, 0.05) is 25.0 Å². The van der Waals surface area contributed by atoms with Crippen LogP contribution in [0.1, 0.15) is 38.5 Å². The number of hydrogen-bond acceptors (Lipinski definition) is 2. The minimum absolute atomic E-state index is 0.232. The monoisotopic (exact) mass is 182 g/mol. The molecule has 2 unspecified atom stereocenters. The van der Waals surface area contributed by atoms with Crippen molar-refractivity contribution in [2.45, 2.75) is 50.6 Å². The second-order valence-corrected chi connectivity index (χ2v) is 4.21. The van der Waals surface area contributed by atoms with Gasteiger partial charge in [-0.2, -0.15) is 0 Å². The van der Waals surface area contributed by atoms with Crippen molar-refractivity contribution in [1.29, 1.82) is 0 Å². The number of nitrogens with two attached hydrogens (primary N) is 1. The van der Waals surface area contributed by atoms with E-state index in [2.05, 4.69) is 0 Å². The molecule has 0 aliphatic carbocycles. The van der Waals surface area contributed by atoms with Crippen molar-refractivity contribution in [2.24, 2.45) is 5.73 Å². The van der Waals surface area contributed by atoms with Gasteiger partial charge in [-0.15, -0.1) is 0 Å². The van der Waals surface area contributed by atoms with Gasteiger partial charge in [0.25, 0.3) is 0 Å². The van der Waals surface area contributed by atoms with Crippen LogP contribution < -0.4 is 5.73 Å². The summed E-state index contributed by atoms with van der Waals surface area (Å²) in [6.45, 7) is 0.942. The predicted molar refractivity (Wildman–Crippen MR) is 51.2 cm³/mol. The van der Waals surface area contributed by atoms with Crippen LogP contribution in [0.15, 0.2) is 0 Å². The highest BCUT2D eigenvalue weighted by atomic mass is 16.2. The van der Waals surface area contributed by atoms with Crippen LogP contribution >= 0.6 is 0 Å². The van der Waals surface area contributed by atoms with Gasteiger partial charge >= 0.3 is 0 Å². The lowest BCUT2D eigenvalue weighted by Crippen LogP contribution is -2.54. The van der Waals surface area contributed by atoms with Crippen LogP contribution in [0, 0.1) is 0 Å². The Balaban J connectivity index is 2.11. The smallest absolute Gasteiger partial charge is 0.222 e. The summed E-state index contributed by atoms with van der Waals surface area (Å²) >= 11 is 0. The Morgan fingerprint density at radius 1 is 1.23 bits per heavy atom. The van der Waals surface area contributed by atoms with E-state index in [0.717, 1.165) is 25.8 Å². The van der Waals surface area contributed by atoms with Crippen LogP contribution in [0.5, 0.6) is 0 Å². The largest absolute Gasteiger partial charge is 0.338 e. The van der Waals surface area contributed by atoms with Gasteiger partial charge in [-0.25, -0.2) is 0 Å². The third-order valence-electron chi connectivity index (χ3n) is 3.31. The third kappa shape index (κ3) is 1.70. The molecule has 13 heavy (non-hydrogen) atoms. The molecule has 2 fully saturated rings. The van der Waals surface area contributed by atoms with Crippen LogP contribution in [0.25, 0.3) is 0 Å². The van der Waals surface area contributed by atoms with Crippen LogP contribution in [0.3, 0.4) is 0 Å². The topological polar surface area (TPSA) is 46.3 Å². The molecule has 1 amide bonds. The van der Waals surface area contributed by atoms with Crippen molar-refractivity contribution in [3.05, 3.63) is 0 Å². The lowest BCUT2D eigenvalue weighted by atomic mass is 9.94. The number of nitrogens with zero attached hydrogens (tertiary/aromatic N) is 1. The maximum Gasteiger partial charge on any atom is 0.222 e. The van der Waals surface area contributed by atoms with E-state index in [1.165, 1.54) is 12.8 Å². The van der Waals surface area contributed by atoms with E-state index in [4.69, 9.17) is 5.73 Å². The quantitative estimate of drug-likeness (QED) is 0.604. The fourth-order valence-electron chi connectivity index (χ4n) is 2.52. The average molecular weight is 182 g/mol. The average Bonchev–Trinajstić information content (AvgIpc) is 2.37. The molecule has 2 heterocycles. The third-order valence-corrected chi connectivity index (χ3v) is 3.31. The second-order valence-electron chi connectivity index (χ2n) is 4.21. The molecule has 0 bridgehead atoms. The van der Waals surface area contributed by atoms with E-state index in [1.54, 1.807) is 0 Å². The summed E-state index contributed by atoms with van der Waals surface area (Å²) in [4.78, 5) is 13.6. The Hall–Kier alpha value is -0.570. The van der Waals surface area contributed by atoms with Crippen LogP contribution in [0.4, 0.5) is 0 Å². The summed E-state index contributed by atoms with van der Waals surface area (Å²) in [7, 11) is 0. The van der Waals surface area contributed by atoms with Crippen LogP contribution in [0.2, 0.25) is 0 Å². The van der Waals surface area contributed by atoms with Gasteiger partial charge < -0.3 is 10.6 Å². The Morgan fingerprint density at radius 3 is 2.92 bits per heavy atom. The predicted octanol–water partition coefficient (Wildman–Crippen LogP) is 0.879. The molecule has 2 saturated heterocycles. The molecule has 2 aliphatic rings. The molecule has 2 atom stereocenters. The molecule has 0 spiro atoms. The fraction of sp³-hybridized carbons (Fsp3) is 0.900. The molecule has 2 rings (SSSR count). The molecular formula is C10H18N2O. The molecule has 0 radical (unpaired) electrons. The van der Waals surface area contributed by atoms with Gasteiger partial charge in [0.2, 0.25) is 5.91 Å². The molecule has 3 heteroatoms. The van der Waals surface area contributed by atoms with E-state index in [-0.39, 0.29) is 6.04 Å². The maximum absolute atomic E-state index is 11.6. The first kappa shape index (κ1) is 9.00. The van der Waals surface area contributed by atoms with Gasteiger partial charge in [-0.05, 0) is 19.3 Å². The maximum atomic E-state index is 11.6. The standard InChI is InChI=1S/C10H18N2O/c11-8-5-6-10(13)12-7-3-1-2-4-9(8)12/h8-9H,1-7,11H2. The highest BCUT2D eigenvalue weighted by molar-refractivity contribution is 5.77. The van der Waals surface area contributed by atoms with Gasteiger partial charge in [0.05, 0.1) is 0 Å². The SMILES string of the molecule is NC1CCC(=O)N2CCCCCC12. The molecule has 2 N–H and O–H groups in total. The molecule has 0 aromatic rings. The fourth-order valence-corrected chi connectivity index (χ4v) is 2.52. The number of rotatable bonds is 0. The van der Waals surface area contributed by atoms with Gasteiger partial charge in [0.15, 0.2) is 0 Å². The van der Waals surface area contributed by atoms with E-state index in [0.29, 0.717) is 18.4 Å². The number of carbonyl (C=O) groups is 1. The normalized spacial score (nSPS) is 35.5. The van der Waals surface area contributed by atoms with Crippen molar-refractivity contribution in [1.82, 2.24) is 4.90 Å². The minimum atomic E-state index is 0.232. The van der Waals surface area contributed by atoms with E-state index < -0.39 is 0 Å². The highest BCUT2D eigenvalue weighted by Gasteiger charge is 2.33. The first-order valence-electron chi connectivity index (χ1n) is 5.34. The van der Waals surface area contributed by atoms with Crippen LogP contribution in [-0.2, 0) is 4.79 Å². The molecule has 0 aromatic carbocycles. The van der Waals surface area contributed by atoms with E-state index >= 15 is 0 Å². The molecule has 3 nitrogen and oxygen atoms in total. The first-order chi connectivity index (χ1) is 6.29. The summed E-state index contributed by atoms with van der Waals surface area (Å²) in [5, 5.41) is 0. The summed E-state index contributed by atoms with van der Waals surface area (Å²) in [6.07, 6.45) is 6.33. The Morgan fingerprint density at radius 2 is 2.08 bits per heavy atom. The van der Waals surface area contributed by atoms with E-state index in [1.807, 2.05) is 4.90 Å². The van der Waals surface area contributed by atoms with Gasteiger partial charge in [0.1, 0.15) is 0 Å². The summed E-state index contributed by atoms with van der Waals surface area (Å²) < 4.78 is 0. The van der Waals surface area contributed by atoms with Gasteiger partial charge in [-0.3, -0.25) is 4.79 Å². The van der Waals surface area contributed by atoms with Crippen LogP contribution in [-0.4, -0.2) is 29.4 Å².